The lowest BCUT2D eigenvalue weighted by Crippen LogP contribution is -2.53. The molecule has 1 saturated heterocycles. The molecule has 0 bridgehead atoms. The number of halogens is 3. The van der Waals surface area contributed by atoms with E-state index in [1.54, 1.807) is 18.2 Å². The molecule has 0 amide bonds. The van der Waals surface area contributed by atoms with Gasteiger partial charge in [-0.1, -0.05) is 24.6 Å². The van der Waals surface area contributed by atoms with Crippen LogP contribution in [-0.4, -0.2) is 53.4 Å². The number of hydrogen-bond donors (Lipinski definition) is 1. The molecule has 1 saturated carbocycles. The summed E-state index contributed by atoms with van der Waals surface area (Å²) in [5.41, 5.74) is 0.199. The number of aromatic nitrogens is 1. The van der Waals surface area contributed by atoms with Gasteiger partial charge in [-0.05, 0) is 62.9 Å². The van der Waals surface area contributed by atoms with Gasteiger partial charge < -0.3 is 14.7 Å². The molecule has 172 valence electrons. The Bertz CT molecular complexity index is 934. The number of piperidine rings is 1. The van der Waals surface area contributed by atoms with E-state index >= 15 is 0 Å². The average molecular weight is 448 g/mol. The minimum atomic E-state index is -4.12. The first-order valence-corrected chi connectivity index (χ1v) is 11.0. The first kappa shape index (κ1) is 22.6. The van der Waals surface area contributed by atoms with Crippen LogP contribution in [-0.2, 0) is 0 Å². The molecule has 0 unspecified atom stereocenters. The molecule has 0 radical (unpaired) electrons. The number of aromatic carboxylic acids is 1. The SMILES string of the molecule is O=C(O)c1ccc(-c2cccc(OCC3CCN(CC4(C(F)(F)F)CCC4)CC3)n2)cc1. The molecule has 2 aliphatic rings. The maximum Gasteiger partial charge on any atom is 0.395 e. The minimum Gasteiger partial charge on any atom is -0.478 e. The van der Waals surface area contributed by atoms with Crippen LogP contribution >= 0.6 is 0 Å². The third-order valence-corrected chi connectivity index (χ3v) is 6.76. The first-order chi connectivity index (χ1) is 15.3. The number of nitrogens with zero attached hydrogens (tertiary/aromatic N) is 2. The molecule has 1 aromatic heterocycles. The van der Waals surface area contributed by atoms with Crippen molar-refractivity contribution in [2.75, 3.05) is 26.2 Å². The number of alkyl halides is 3. The Morgan fingerprint density at radius 3 is 2.38 bits per heavy atom. The smallest absolute Gasteiger partial charge is 0.395 e. The lowest BCUT2D eigenvalue weighted by atomic mass is 9.67. The van der Waals surface area contributed by atoms with Crippen molar-refractivity contribution in [1.29, 1.82) is 0 Å². The zero-order valence-corrected chi connectivity index (χ0v) is 17.8. The molecule has 32 heavy (non-hydrogen) atoms. The number of likely N-dealkylation sites (tertiary alicyclic amines) is 1. The summed E-state index contributed by atoms with van der Waals surface area (Å²) in [6.07, 6.45) is -1.33. The molecule has 2 aromatic rings. The van der Waals surface area contributed by atoms with Gasteiger partial charge >= 0.3 is 12.1 Å². The van der Waals surface area contributed by atoms with Crippen molar-refractivity contribution in [2.45, 2.75) is 38.3 Å². The monoisotopic (exact) mass is 448 g/mol. The van der Waals surface area contributed by atoms with Gasteiger partial charge in [-0.2, -0.15) is 13.2 Å². The van der Waals surface area contributed by atoms with Crippen molar-refractivity contribution >= 4 is 5.97 Å². The third kappa shape index (κ3) is 4.90. The van der Waals surface area contributed by atoms with E-state index < -0.39 is 17.6 Å². The van der Waals surface area contributed by atoms with Crippen molar-refractivity contribution < 1.29 is 27.8 Å². The van der Waals surface area contributed by atoms with E-state index in [1.165, 1.54) is 12.1 Å². The molecule has 4 rings (SSSR count). The van der Waals surface area contributed by atoms with Crippen molar-refractivity contribution in [1.82, 2.24) is 9.88 Å². The van der Waals surface area contributed by atoms with Crippen molar-refractivity contribution in [3.63, 3.8) is 0 Å². The third-order valence-electron chi connectivity index (χ3n) is 6.76. The molecule has 2 fully saturated rings. The van der Waals surface area contributed by atoms with Crippen LogP contribution in [0, 0.1) is 11.3 Å². The molecule has 2 heterocycles. The van der Waals surface area contributed by atoms with Crippen molar-refractivity contribution in [3.8, 4) is 17.1 Å². The summed E-state index contributed by atoms with van der Waals surface area (Å²) in [4.78, 5) is 17.5. The number of ether oxygens (including phenoxy) is 1. The van der Waals surface area contributed by atoms with Crippen LogP contribution in [0.15, 0.2) is 42.5 Å². The second-order valence-electron chi connectivity index (χ2n) is 8.91. The Hall–Kier alpha value is -2.61. The number of rotatable bonds is 7. The summed E-state index contributed by atoms with van der Waals surface area (Å²) < 4.78 is 46.2. The number of carboxylic acids is 1. The van der Waals surface area contributed by atoms with Crippen LogP contribution in [0.3, 0.4) is 0 Å². The van der Waals surface area contributed by atoms with E-state index in [-0.39, 0.29) is 30.9 Å². The number of pyridine rings is 1. The van der Waals surface area contributed by atoms with E-state index in [9.17, 15) is 18.0 Å². The highest BCUT2D eigenvalue weighted by atomic mass is 19.4. The zero-order chi connectivity index (χ0) is 22.8. The highest BCUT2D eigenvalue weighted by Gasteiger charge is 2.58. The molecule has 1 aliphatic carbocycles. The standard InChI is InChI=1S/C24H27F3N2O3/c25-24(26,27)23(11-2-12-23)16-29-13-9-17(10-14-29)15-32-21-4-1-3-20(28-21)18-5-7-19(8-6-18)22(30)31/h1,3-8,17H,2,9-16H2,(H,30,31). The maximum atomic E-state index is 13.4. The summed E-state index contributed by atoms with van der Waals surface area (Å²) in [5.74, 6) is -0.207. The molecule has 0 spiro atoms. The molecule has 5 nitrogen and oxygen atoms in total. The van der Waals surface area contributed by atoms with Gasteiger partial charge in [-0.3, -0.25) is 0 Å². The summed E-state index contributed by atoms with van der Waals surface area (Å²) in [5, 5.41) is 9.02. The topological polar surface area (TPSA) is 62.7 Å². The van der Waals surface area contributed by atoms with Gasteiger partial charge in [0.05, 0.1) is 23.3 Å². The Morgan fingerprint density at radius 1 is 1.12 bits per heavy atom. The predicted octanol–water partition coefficient (Wildman–Crippen LogP) is 5.27. The highest BCUT2D eigenvalue weighted by Crippen LogP contribution is 2.53. The molecule has 1 aliphatic heterocycles. The maximum absolute atomic E-state index is 13.4. The lowest BCUT2D eigenvalue weighted by Gasteiger charge is -2.47. The minimum absolute atomic E-state index is 0.119. The van der Waals surface area contributed by atoms with Crippen LogP contribution < -0.4 is 4.74 Å². The van der Waals surface area contributed by atoms with Crippen molar-refractivity contribution in [2.24, 2.45) is 11.3 Å². The normalized spacial score (nSPS) is 19.3. The zero-order valence-electron chi connectivity index (χ0n) is 17.8. The van der Waals surface area contributed by atoms with Crippen LogP contribution in [0.2, 0.25) is 0 Å². The fourth-order valence-corrected chi connectivity index (χ4v) is 4.52. The molecule has 1 aromatic carbocycles. The number of carbonyl (C=O) groups is 1. The van der Waals surface area contributed by atoms with E-state index in [4.69, 9.17) is 9.84 Å². The predicted molar refractivity (Wildman–Crippen MR) is 114 cm³/mol. The van der Waals surface area contributed by atoms with Crippen LogP contribution in [0.25, 0.3) is 11.3 Å². The summed E-state index contributed by atoms with van der Waals surface area (Å²) >= 11 is 0. The van der Waals surface area contributed by atoms with Gasteiger partial charge in [0, 0.05) is 18.2 Å². The fraction of sp³-hybridized carbons (Fsp3) is 0.500. The Labute approximate surface area is 185 Å². The van der Waals surface area contributed by atoms with Crippen LogP contribution in [0.5, 0.6) is 5.88 Å². The number of benzene rings is 1. The quantitative estimate of drug-likeness (QED) is 0.625. The van der Waals surface area contributed by atoms with Gasteiger partial charge in [0.2, 0.25) is 5.88 Å². The van der Waals surface area contributed by atoms with E-state index in [0.717, 1.165) is 18.4 Å². The number of hydrogen-bond acceptors (Lipinski definition) is 4. The van der Waals surface area contributed by atoms with E-state index in [1.807, 2.05) is 17.0 Å². The van der Waals surface area contributed by atoms with E-state index in [2.05, 4.69) is 4.98 Å². The fourth-order valence-electron chi connectivity index (χ4n) is 4.52. The average Bonchev–Trinajstić information content (AvgIpc) is 2.75. The first-order valence-electron chi connectivity index (χ1n) is 11.0. The molecule has 8 heteroatoms. The Balaban J connectivity index is 1.28. The van der Waals surface area contributed by atoms with E-state index in [0.29, 0.717) is 37.7 Å². The van der Waals surface area contributed by atoms with Gasteiger partial charge in [0.1, 0.15) is 0 Å². The second-order valence-corrected chi connectivity index (χ2v) is 8.91. The summed E-state index contributed by atoms with van der Waals surface area (Å²) in [6.45, 7) is 1.92. The molecule has 0 atom stereocenters. The second kappa shape index (κ2) is 9.10. The molecular weight excluding hydrogens is 421 g/mol. The molecule has 1 N–H and O–H groups in total. The van der Waals surface area contributed by atoms with Gasteiger partial charge in [-0.15, -0.1) is 0 Å². The Kier molecular flexibility index (Phi) is 6.42. The largest absolute Gasteiger partial charge is 0.478 e. The highest BCUT2D eigenvalue weighted by molar-refractivity contribution is 5.88. The van der Waals surface area contributed by atoms with Gasteiger partial charge in [-0.25, -0.2) is 9.78 Å². The van der Waals surface area contributed by atoms with Crippen LogP contribution in [0.1, 0.15) is 42.5 Å². The Morgan fingerprint density at radius 2 is 1.81 bits per heavy atom. The lowest BCUT2D eigenvalue weighted by molar-refractivity contribution is -0.256. The number of carboxylic acid groups (broad SMARTS) is 1. The summed E-state index contributed by atoms with van der Waals surface area (Å²) in [7, 11) is 0. The van der Waals surface area contributed by atoms with Gasteiger partial charge in [0.25, 0.3) is 0 Å². The van der Waals surface area contributed by atoms with Crippen LogP contribution in [0.4, 0.5) is 13.2 Å². The van der Waals surface area contributed by atoms with Gasteiger partial charge in [0.15, 0.2) is 0 Å². The summed E-state index contributed by atoms with van der Waals surface area (Å²) in [6, 6.07) is 11.9. The molecular formula is C24H27F3N2O3. The van der Waals surface area contributed by atoms with Crippen molar-refractivity contribution in [3.05, 3.63) is 48.0 Å².